The molecular weight excluding hydrogens is 454 g/mol. The number of fused-ring (bicyclic) bond motifs is 1. The molecule has 3 atom stereocenters. The van der Waals surface area contributed by atoms with Crippen molar-refractivity contribution in [2.75, 3.05) is 17.2 Å². The largest absolute Gasteiger partial charge is 0.477 e. The van der Waals surface area contributed by atoms with Crippen molar-refractivity contribution in [3.05, 3.63) is 28.5 Å². The number of carboxylic acid groups (broad SMARTS) is 1. The van der Waals surface area contributed by atoms with Crippen LogP contribution in [-0.4, -0.2) is 76.2 Å². The van der Waals surface area contributed by atoms with Gasteiger partial charge in [-0.2, -0.15) is 0 Å². The maximum atomic E-state index is 12.6. The fourth-order valence-electron chi connectivity index (χ4n) is 3.01. The normalized spacial score (nSPS) is 21.8. The van der Waals surface area contributed by atoms with E-state index in [1.54, 1.807) is 0 Å². The number of aromatic nitrogens is 4. The molecule has 1 unspecified atom stereocenters. The van der Waals surface area contributed by atoms with Crippen LogP contribution in [0.3, 0.4) is 0 Å². The zero-order chi connectivity index (χ0) is 21.4. The molecule has 2 aromatic rings. The Kier molecular flexibility index (Phi) is 5.68. The molecule has 0 aliphatic carbocycles. The maximum absolute atomic E-state index is 12.6. The van der Waals surface area contributed by atoms with E-state index in [2.05, 4.69) is 25.7 Å². The number of nitrogen functional groups attached to an aromatic ring is 1. The van der Waals surface area contributed by atoms with E-state index in [1.165, 1.54) is 40.0 Å². The lowest BCUT2D eigenvalue weighted by Crippen LogP contribution is -2.70. The van der Waals surface area contributed by atoms with Crippen molar-refractivity contribution in [3.63, 3.8) is 0 Å². The molecule has 4 heterocycles. The number of aliphatic hydroxyl groups is 1. The number of carbonyl (C=O) groups excluding carboxylic acids is 2. The number of nitrogens with one attached hydrogen (secondary N) is 2. The molecule has 30 heavy (non-hydrogen) atoms. The number of aliphatic carboxylic acids is 1. The molecule has 4 rings (SSSR count). The van der Waals surface area contributed by atoms with Gasteiger partial charge in [0.15, 0.2) is 11.2 Å². The Balaban J connectivity index is 1.45. The first-order chi connectivity index (χ1) is 14.4. The molecule has 2 aromatic heterocycles. The highest BCUT2D eigenvalue weighted by Gasteiger charge is 2.54. The number of thioether (sulfide) groups is 2. The minimum absolute atomic E-state index is 0.0814. The molecule has 0 aromatic carbocycles. The van der Waals surface area contributed by atoms with Crippen LogP contribution < -0.4 is 11.1 Å². The molecule has 6 N–H and O–H groups in total. The highest BCUT2D eigenvalue weighted by atomic mass is 32.2. The van der Waals surface area contributed by atoms with Crippen LogP contribution in [0.5, 0.6) is 0 Å². The standard InChI is InChI=1S/C15H15N7O5S3/c16-15-18-6(4-30-15)10(23)11(24)19-8-12(25)22-9(14(26)27)5(3-29-13(8)22)2-28-7-1-17-21-20-7/h1,4,8,10,13,23H,2-3H2,(H2,16,18)(H,19,24)(H,26,27)(H,17,20,21)/t8-,10?,13-/m1/s1. The lowest BCUT2D eigenvalue weighted by molar-refractivity contribution is -0.151. The fraction of sp³-hybridized carbons (Fsp3) is 0.333. The minimum atomic E-state index is -1.57. The summed E-state index contributed by atoms with van der Waals surface area (Å²) in [5, 5.41) is 34.0. The topological polar surface area (TPSA) is 187 Å². The maximum Gasteiger partial charge on any atom is 0.352 e. The van der Waals surface area contributed by atoms with Gasteiger partial charge in [-0.25, -0.2) is 9.78 Å². The van der Waals surface area contributed by atoms with E-state index >= 15 is 0 Å². The van der Waals surface area contributed by atoms with Gasteiger partial charge in [-0.3, -0.25) is 19.6 Å². The van der Waals surface area contributed by atoms with E-state index in [4.69, 9.17) is 5.73 Å². The minimum Gasteiger partial charge on any atom is -0.477 e. The first-order valence-electron chi connectivity index (χ1n) is 8.45. The Morgan fingerprint density at radius 1 is 1.50 bits per heavy atom. The van der Waals surface area contributed by atoms with Crippen molar-refractivity contribution < 1.29 is 24.6 Å². The third-order valence-corrected chi connectivity index (χ3v) is 7.44. The summed E-state index contributed by atoms with van der Waals surface area (Å²) in [5.41, 5.74) is 6.10. The van der Waals surface area contributed by atoms with E-state index in [0.717, 1.165) is 11.3 Å². The highest BCUT2D eigenvalue weighted by molar-refractivity contribution is 8.01. The number of thiazole rings is 1. The Morgan fingerprint density at radius 3 is 2.93 bits per heavy atom. The molecule has 0 spiro atoms. The molecule has 2 amide bonds. The molecule has 0 radical (unpaired) electrons. The number of rotatable bonds is 7. The van der Waals surface area contributed by atoms with Crippen LogP contribution in [0.2, 0.25) is 0 Å². The Hall–Kier alpha value is -2.62. The Bertz CT molecular complexity index is 1020. The monoisotopic (exact) mass is 469 g/mol. The first-order valence-corrected chi connectivity index (χ1v) is 11.4. The van der Waals surface area contributed by atoms with E-state index in [-0.39, 0.29) is 16.5 Å². The average molecular weight is 470 g/mol. The van der Waals surface area contributed by atoms with Gasteiger partial charge in [0, 0.05) is 16.9 Å². The van der Waals surface area contributed by atoms with Crippen LogP contribution in [0.15, 0.2) is 27.9 Å². The molecule has 2 aliphatic rings. The van der Waals surface area contributed by atoms with Crippen molar-refractivity contribution in [1.29, 1.82) is 0 Å². The van der Waals surface area contributed by atoms with Crippen molar-refractivity contribution >= 4 is 57.8 Å². The van der Waals surface area contributed by atoms with Crippen LogP contribution in [0, 0.1) is 0 Å². The van der Waals surface area contributed by atoms with Gasteiger partial charge < -0.3 is 21.3 Å². The number of H-pyrrole nitrogens is 1. The predicted molar refractivity (Wildman–Crippen MR) is 108 cm³/mol. The van der Waals surface area contributed by atoms with E-state index in [0.29, 0.717) is 22.1 Å². The second kappa shape index (κ2) is 8.25. The molecule has 1 saturated heterocycles. The second-order valence-electron chi connectivity index (χ2n) is 6.28. The van der Waals surface area contributed by atoms with Crippen molar-refractivity contribution in [2.24, 2.45) is 0 Å². The summed E-state index contributed by atoms with van der Waals surface area (Å²) in [4.78, 5) is 41.8. The van der Waals surface area contributed by atoms with Crippen LogP contribution >= 0.6 is 34.9 Å². The van der Waals surface area contributed by atoms with Crippen molar-refractivity contribution in [3.8, 4) is 0 Å². The number of carboxylic acids is 1. The van der Waals surface area contributed by atoms with Gasteiger partial charge in [0.25, 0.3) is 11.8 Å². The number of hydrogen-bond donors (Lipinski definition) is 5. The molecular formula is C15H15N7O5S3. The van der Waals surface area contributed by atoms with Crippen molar-refractivity contribution in [1.82, 2.24) is 30.6 Å². The molecule has 0 saturated carbocycles. The second-order valence-corrected chi connectivity index (χ2v) is 9.29. The summed E-state index contributed by atoms with van der Waals surface area (Å²) in [6, 6.07) is -0.937. The first kappa shape index (κ1) is 20.6. The number of nitrogens with two attached hydrogens (primary N) is 1. The third kappa shape index (κ3) is 3.76. The zero-order valence-electron chi connectivity index (χ0n) is 15.0. The number of aliphatic hydroxyl groups excluding tert-OH is 1. The Morgan fingerprint density at radius 2 is 2.30 bits per heavy atom. The summed E-state index contributed by atoms with van der Waals surface area (Å²) >= 11 is 3.75. The number of anilines is 1. The lowest BCUT2D eigenvalue weighted by atomic mass is 10.0. The van der Waals surface area contributed by atoms with E-state index < -0.39 is 35.3 Å². The van der Waals surface area contributed by atoms with E-state index in [9.17, 15) is 24.6 Å². The van der Waals surface area contributed by atoms with Gasteiger partial charge in [-0.1, -0.05) is 5.21 Å². The van der Waals surface area contributed by atoms with Gasteiger partial charge in [0.05, 0.1) is 11.9 Å². The van der Waals surface area contributed by atoms with Crippen LogP contribution in [-0.2, 0) is 14.4 Å². The fourth-order valence-corrected chi connectivity index (χ4v) is 5.86. The predicted octanol–water partition coefficient (Wildman–Crippen LogP) is -0.592. The van der Waals surface area contributed by atoms with Crippen LogP contribution in [0.25, 0.3) is 0 Å². The van der Waals surface area contributed by atoms with E-state index in [1.807, 2.05) is 0 Å². The zero-order valence-corrected chi connectivity index (χ0v) is 17.5. The number of β-lactam (4-membered cyclic amide) rings is 1. The number of carbonyl (C=O) groups is 3. The summed E-state index contributed by atoms with van der Waals surface area (Å²) in [7, 11) is 0. The number of aromatic amines is 1. The summed E-state index contributed by atoms with van der Waals surface area (Å²) in [5.74, 6) is -1.84. The number of hydrogen-bond acceptors (Lipinski definition) is 11. The molecule has 15 heteroatoms. The molecule has 0 bridgehead atoms. The van der Waals surface area contributed by atoms with Gasteiger partial charge in [0.2, 0.25) is 0 Å². The Labute approximate surface area is 181 Å². The summed E-state index contributed by atoms with van der Waals surface area (Å²) in [6.45, 7) is 0. The average Bonchev–Trinajstić information content (AvgIpc) is 3.40. The van der Waals surface area contributed by atoms with Gasteiger partial charge in [0.1, 0.15) is 22.1 Å². The van der Waals surface area contributed by atoms with Crippen molar-refractivity contribution in [2.45, 2.75) is 22.5 Å². The van der Waals surface area contributed by atoms with Gasteiger partial charge >= 0.3 is 5.97 Å². The lowest BCUT2D eigenvalue weighted by Gasteiger charge is -2.49. The molecule has 1 fully saturated rings. The number of nitrogens with zero attached hydrogens (tertiary/aromatic N) is 4. The smallest absolute Gasteiger partial charge is 0.352 e. The third-order valence-electron chi connectivity index (χ3n) is 4.41. The SMILES string of the molecule is Nc1nc(C(O)C(=O)N[C@@H]2C(=O)N3C(C(=O)O)=C(CSc4cnn[nH]4)CS[C@H]23)cs1. The summed E-state index contributed by atoms with van der Waals surface area (Å²) < 4.78 is 0. The van der Waals surface area contributed by atoms with Crippen LogP contribution in [0.4, 0.5) is 5.13 Å². The van der Waals surface area contributed by atoms with Crippen LogP contribution in [0.1, 0.15) is 11.8 Å². The van der Waals surface area contributed by atoms with Gasteiger partial charge in [-0.05, 0) is 5.57 Å². The molecule has 158 valence electrons. The summed E-state index contributed by atoms with van der Waals surface area (Å²) in [6.07, 6.45) is -0.0510. The highest BCUT2D eigenvalue weighted by Crippen LogP contribution is 2.41. The quantitative estimate of drug-likeness (QED) is 0.257. The number of amides is 2. The molecule has 12 nitrogen and oxygen atoms in total. The molecule has 2 aliphatic heterocycles. The van der Waals surface area contributed by atoms with Gasteiger partial charge in [-0.15, -0.1) is 40.0 Å².